The molecule has 0 spiro atoms. The highest BCUT2D eigenvalue weighted by molar-refractivity contribution is 5.97. The summed E-state index contributed by atoms with van der Waals surface area (Å²) >= 11 is 0. The average Bonchev–Trinajstić information content (AvgIpc) is 2.70. The molecule has 3 rings (SSSR count). The summed E-state index contributed by atoms with van der Waals surface area (Å²) in [6.45, 7) is 5.86. The van der Waals surface area contributed by atoms with E-state index >= 15 is 0 Å². The number of ether oxygens (including phenoxy) is 2. The van der Waals surface area contributed by atoms with Crippen molar-refractivity contribution in [2.45, 2.75) is 39.5 Å². The lowest BCUT2D eigenvalue weighted by atomic mass is 9.96. The van der Waals surface area contributed by atoms with Gasteiger partial charge in [0.1, 0.15) is 5.75 Å². The number of fused-ring (bicyclic) bond motifs is 1. The van der Waals surface area contributed by atoms with Crippen molar-refractivity contribution in [1.29, 1.82) is 0 Å². The average molecular weight is 388 g/mol. The zero-order valence-corrected chi connectivity index (χ0v) is 16.6. The molecule has 0 bridgehead atoms. The second-order valence-electron chi connectivity index (χ2n) is 7.32. The van der Waals surface area contributed by atoms with Crippen LogP contribution in [0.2, 0.25) is 0 Å². The van der Waals surface area contributed by atoms with Crippen molar-refractivity contribution >= 4 is 23.5 Å². The van der Waals surface area contributed by atoms with E-state index in [0.29, 0.717) is 57.7 Å². The van der Waals surface area contributed by atoms with Crippen LogP contribution >= 0.6 is 0 Å². The Hall–Kier alpha value is -2.57. The number of hydrogen-bond acceptors (Lipinski definition) is 5. The largest absolute Gasteiger partial charge is 0.482 e. The number of nitrogens with zero attached hydrogens (tertiary/aromatic N) is 2. The second-order valence-corrected chi connectivity index (χ2v) is 7.32. The van der Waals surface area contributed by atoms with Crippen LogP contribution in [0.25, 0.3) is 0 Å². The minimum Gasteiger partial charge on any atom is -0.482 e. The zero-order valence-electron chi connectivity index (χ0n) is 16.6. The highest BCUT2D eigenvalue weighted by Gasteiger charge is 2.29. The maximum Gasteiger partial charge on any atom is 0.309 e. The van der Waals surface area contributed by atoms with E-state index in [1.54, 1.807) is 11.8 Å². The maximum absolute atomic E-state index is 12.5. The molecule has 1 saturated heterocycles. The Morgan fingerprint density at radius 3 is 2.71 bits per heavy atom. The molecule has 0 saturated carbocycles. The Bertz CT molecular complexity index is 740. The van der Waals surface area contributed by atoms with Gasteiger partial charge in [-0.15, -0.1) is 0 Å². The number of esters is 1. The SMILES string of the molecule is CCOC(=O)C1CCN(C(=O)CCCN2C(=O)COc3cc(C)ccc32)CC1. The van der Waals surface area contributed by atoms with Crippen LogP contribution in [0.1, 0.15) is 38.2 Å². The number of benzene rings is 1. The summed E-state index contributed by atoms with van der Waals surface area (Å²) in [7, 11) is 0. The third-order valence-corrected chi connectivity index (χ3v) is 5.30. The van der Waals surface area contributed by atoms with E-state index in [9.17, 15) is 14.4 Å². The third-order valence-electron chi connectivity index (χ3n) is 5.30. The molecule has 2 amide bonds. The third kappa shape index (κ3) is 4.64. The first-order chi connectivity index (χ1) is 13.5. The van der Waals surface area contributed by atoms with Crippen LogP contribution < -0.4 is 9.64 Å². The lowest BCUT2D eigenvalue weighted by Gasteiger charge is -2.32. The molecular formula is C21H28N2O5. The van der Waals surface area contributed by atoms with Crippen LogP contribution in [0.5, 0.6) is 5.75 Å². The summed E-state index contributed by atoms with van der Waals surface area (Å²) in [5.74, 6) is 0.447. The van der Waals surface area contributed by atoms with Crippen molar-refractivity contribution in [3.63, 3.8) is 0 Å². The summed E-state index contributed by atoms with van der Waals surface area (Å²) in [4.78, 5) is 40.1. The van der Waals surface area contributed by atoms with Gasteiger partial charge in [0.2, 0.25) is 5.91 Å². The number of carbonyl (C=O) groups excluding carboxylic acids is 3. The minimum atomic E-state index is -0.158. The molecule has 28 heavy (non-hydrogen) atoms. The van der Waals surface area contributed by atoms with Crippen molar-refractivity contribution in [2.24, 2.45) is 5.92 Å². The van der Waals surface area contributed by atoms with Crippen LogP contribution in [-0.4, -0.2) is 55.5 Å². The van der Waals surface area contributed by atoms with Crippen molar-refractivity contribution in [3.05, 3.63) is 23.8 Å². The Morgan fingerprint density at radius 1 is 1.25 bits per heavy atom. The van der Waals surface area contributed by atoms with E-state index < -0.39 is 0 Å². The molecule has 2 heterocycles. The molecule has 0 aromatic heterocycles. The predicted molar refractivity (Wildman–Crippen MR) is 104 cm³/mol. The summed E-state index contributed by atoms with van der Waals surface area (Å²) in [6.07, 6.45) is 2.28. The van der Waals surface area contributed by atoms with Crippen LogP contribution in [0.3, 0.4) is 0 Å². The van der Waals surface area contributed by atoms with E-state index in [1.165, 1.54) is 0 Å². The molecule has 0 aliphatic carbocycles. The van der Waals surface area contributed by atoms with Crippen LogP contribution in [0, 0.1) is 12.8 Å². The first-order valence-corrected chi connectivity index (χ1v) is 9.97. The molecule has 152 valence electrons. The summed E-state index contributed by atoms with van der Waals surface area (Å²) < 4.78 is 10.6. The van der Waals surface area contributed by atoms with Crippen molar-refractivity contribution in [3.8, 4) is 5.75 Å². The van der Waals surface area contributed by atoms with Crippen molar-refractivity contribution < 1.29 is 23.9 Å². The minimum absolute atomic E-state index is 0.0335. The second kappa shape index (κ2) is 9.08. The summed E-state index contributed by atoms with van der Waals surface area (Å²) in [6, 6.07) is 5.77. The van der Waals surface area contributed by atoms with Crippen LogP contribution in [0.4, 0.5) is 5.69 Å². The van der Waals surface area contributed by atoms with Gasteiger partial charge < -0.3 is 19.3 Å². The van der Waals surface area contributed by atoms with Gasteiger partial charge in [0.15, 0.2) is 6.61 Å². The van der Waals surface area contributed by atoms with Gasteiger partial charge in [-0.05, 0) is 50.8 Å². The van der Waals surface area contributed by atoms with Crippen LogP contribution in [-0.2, 0) is 19.1 Å². The van der Waals surface area contributed by atoms with Gasteiger partial charge in [0.25, 0.3) is 5.91 Å². The monoisotopic (exact) mass is 388 g/mol. The highest BCUT2D eigenvalue weighted by Crippen LogP contribution is 2.33. The molecule has 1 aromatic rings. The fourth-order valence-electron chi connectivity index (χ4n) is 3.73. The standard InChI is InChI=1S/C21H28N2O5/c1-3-27-21(26)16-8-11-22(12-9-16)19(24)5-4-10-23-17-7-6-15(2)13-18(17)28-14-20(23)25/h6-7,13,16H,3-5,8-12,14H2,1-2H3. The number of carbonyl (C=O) groups is 3. The van der Waals surface area contributed by atoms with E-state index in [2.05, 4.69) is 0 Å². The van der Waals surface area contributed by atoms with Gasteiger partial charge in [-0.2, -0.15) is 0 Å². The summed E-state index contributed by atoms with van der Waals surface area (Å²) in [5, 5.41) is 0. The Balaban J connectivity index is 1.47. The number of aryl methyl sites for hydroxylation is 1. The lowest BCUT2D eigenvalue weighted by molar-refractivity contribution is -0.151. The van der Waals surface area contributed by atoms with Gasteiger partial charge in [-0.25, -0.2) is 0 Å². The Kier molecular flexibility index (Phi) is 6.54. The maximum atomic E-state index is 12.5. The van der Waals surface area contributed by atoms with Gasteiger partial charge in [0, 0.05) is 26.1 Å². The molecular weight excluding hydrogens is 360 g/mol. The van der Waals surface area contributed by atoms with Crippen molar-refractivity contribution in [1.82, 2.24) is 4.90 Å². The Labute approximate surface area is 165 Å². The number of hydrogen-bond donors (Lipinski definition) is 0. The fraction of sp³-hybridized carbons (Fsp3) is 0.571. The molecule has 0 radical (unpaired) electrons. The topological polar surface area (TPSA) is 76.2 Å². The van der Waals surface area contributed by atoms with Crippen molar-refractivity contribution in [2.75, 3.05) is 37.7 Å². The van der Waals surface area contributed by atoms with Gasteiger partial charge in [-0.1, -0.05) is 6.07 Å². The van der Waals surface area contributed by atoms with Gasteiger partial charge in [-0.3, -0.25) is 14.4 Å². The van der Waals surface area contributed by atoms with E-state index in [0.717, 1.165) is 11.3 Å². The zero-order chi connectivity index (χ0) is 20.1. The first kappa shape index (κ1) is 20.2. The highest BCUT2D eigenvalue weighted by atomic mass is 16.5. The molecule has 7 nitrogen and oxygen atoms in total. The van der Waals surface area contributed by atoms with E-state index in [4.69, 9.17) is 9.47 Å². The normalized spacial score (nSPS) is 17.1. The molecule has 0 N–H and O–H groups in total. The number of amides is 2. The van der Waals surface area contributed by atoms with Gasteiger partial charge in [0.05, 0.1) is 18.2 Å². The smallest absolute Gasteiger partial charge is 0.309 e. The number of piperidine rings is 1. The predicted octanol–water partition coefficient (Wildman–Crippen LogP) is 2.30. The molecule has 1 fully saturated rings. The molecule has 7 heteroatoms. The van der Waals surface area contributed by atoms with Gasteiger partial charge >= 0.3 is 5.97 Å². The molecule has 2 aliphatic heterocycles. The number of anilines is 1. The number of rotatable bonds is 6. The van der Waals surface area contributed by atoms with Crippen LogP contribution in [0.15, 0.2) is 18.2 Å². The quantitative estimate of drug-likeness (QED) is 0.699. The summed E-state index contributed by atoms with van der Waals surface area (Å²) in [5.41, 5.74) is 1.85. The first-order valence-electron chi connectivity index (χ1n) is 9.97. The fourth-order valence-corrected chi connectivity index (χ4v) is 3.73. The van der Waals surface area contributed by atoms with E-state index in [-0.39, 0.29) is 30.3 Å². The molecule has 1 aromatic carbocycles. The molecule has 0 unspecified atom stereocenters. The molecule has 0 atom stereocenters. The lowest BCUT2D eigenvalue weighted by Crippen LogP contribution is -2.42. The molecule has 2 aliphatic rings. The number of likely N-dealkylation sites (tertiary alicyclic amines) is 1. The Morgan fingerprint density at radius 2 is 2.00 bits per heavy atom. The van der Waals surface area contributed by atoms with E-state index in [1.807, 2.05) is 30.0 Å².